The fraction of sp³-hybridized carbons (Fsp3) is 0.333. The van der Waals surface area contributed by atoms with E-state index in [2.05, 4.69) is 5.32 Å². The van der Waals surface area contributed by atoms with Gasteiger partial charge in [0, 0.05) is 24.1 Å². The number of rotatable bonds is 6. The van der Waals surface area contributed by atoms with Gasteiger partial charge in [-0.05, 0) is 24.3 Å². The summed E-state index contributed by atoms with van der Waals surface area (Å²) in [6.07, 6.45) is 0. The molecule has 18 heavy (non-hydrogen) atoms. The molecule has 0 fully saturated rings. The Morgan fingerprint density at radius 3 is 2.56 bits per heavy atom. The molecule has 0 bridgehead atoms. The van der Waals surface area contributed by atoms with Gasteiger partial charge in [0.15, 0.2) is 0 Å². The van der Waals surface area contributed by atoms with Crippen molar-refractivity contribution in [2.75, 3.05) is 16.7 Å². The van der Waals surface area contributed by atoms with Crippen molar-refractivity contribution in [3.05, 3.63) is 24.3 Å². The highest BCUT2D eigenvalue weighted by molar-refractivity contribution is 14.1. The van der Waals surface area contributed by atoms with Crippen LogP contribution in [0.5, 0.6) is 5.75 Å². The van der Waals surface area contributed by atoms with Crippen molar-refractivity contribution in [1.82, 2.24) is 5.32 Å². The zero-order chi connectivity index (χ0) is 13.4. The summed E-state index contributed by atoms with van der Waals surface area (Å²) in [6, 6.07) is 7.33. The molecule has 4 nitrogen and oxygen atoms in total. The molecule has 1 aromatic carbocycles. The third-order valence-electron chi connectivity index (χ3n) is 1.91. The number of nitrogens with one attached hydrogen (secondary N) is 1. The molecular weight excluding hydrogens is 365 g/mol. The molecule has 0 heterocycles. The van der Waals surface area contributed by atoms with Crippen LogP contribution in [0.1, 0.15) is 6.92 Å². The number of carbonyl (C=O) groups is 2. The molecule has 0 saturated carbocycles. The maximum atomic E-state index is 11.1. The third-order valence-corrected chi connectivity index (χ3v) is 3.55. The maximum absolute atomic E-state index is 11.1. The SMILES string of the molecule is CC(=O)NCCSc1ccc(OC(=O)CI)cc1. The minimum Gasteiger partial charge on any atom is -0.426 e. The first-order chi connectivity index (χ1) is 8.61. The molecule has 0 aliphatic rings. The van der Waals surface area contributed by atoms with Crippen LogP contribution in [-0.2, 0) is 9.59 Å². The first-order valence-corrected chi connectivity index (χ1v) is 7.87. The Kier molecular flexibility index (Phi) is 7.11. The predicted octanol–water partition coefficient (Wildman–Crippen LogP) is 2.26. The van der Waals surface area contributed by atoms with E-state index in [4.69, 9.17) is 4.74 Å². The van der Waals surface area contributed by atoms with Crippen molar-refractivity contribution in [1.29, 1.82) is 0 Å². The van der Waals surface area contributed by atoms with E-state index in [9.17, 15) is 9.59 Å². The smallest absolute Gasteiger partial charge is 0.321 e. The minimum atomic E-state index is -0.248. The van der Waals surface area contributed by atoms with Crippen LogP contribution in [0.3, 0.4) is 0 Å². The van der Waals surface area contributed by atoms with Gasteiger partial charge in [-0.25, -0.2) is 0 Å². The van der Waals surface area contributed by atoms with E-state index in [1.807, 2.05) is 34.7 Å². The van der Waals surface area contributed by atoms with Crippen LogP contribution < -0.4 is 10.1 Å². The van der Waals surface area contributed by atoms with Gasteiger partial charge in [-0.15, -0.1) is 11.8 Å². The first-order valence-electron chi connectivity index (χ1n) is 5.36. The van der Waals surface area contributed by atoms with E-state index in [0.717, 1.165) is 10.6 Å². The van der Waals surface area contributed by atoms with E-state index in [1.165, 1.54) is 6.92 Å². The Labute approximate surface area is 124 Å². The Balaban J connectivity index is 2.36. The van der Waals surface area contributed by atoms with Crippen LogP contribution in [0, 0.1) is 0 Å². The van der Waals surface area contributed by atoms with E-state index in [1.54, 1.807) is 23.9 Å². The number of halogens is 1. The van der Waals surface area contributed by atoms with Crippen molar-refractivity contribution < 1.29 is 14.3 Å². The summed E-state index contributed by atoms with van der Waals surface area (Å²) >= 11 is 3.60. The maximum Gasteiger partial charge on any atom is 0.321 e. The van der Waals surface area contributed by atoms with Gasteiger partial charge in [0.25, 0.3) is 0 Å². The molecule has 0 atom stereocenters. The van der Waals surface area contributed by atoms with Gasteiger partial charge in [-0.2, -0.15) is 0 Å². The van der Waals surface area contributed by atoms with Crippen molar-refractivity contribution in [2.24, 2.45) is 0 Å². The zero-order valence-corrected chi connectivity index (χ0v) is 12.9. The lowest BCUT2D eigenvalue weighted by Crippen LogP contribution is -2.22. The van der Waals surface area contributed by atoms with Crippen molar-refractivity contribution in [2.45, 2.75) is 11.8 Å². The quantitative estimate of drug-likeness (QED) is 0.206. The van der Waals surface area contributed by atoms with Gasteiger partial charge in [0.2, 0.25) is 5.91 Å². The summed E-state index contributed by atoms with van der Waals surface area (Å²) < 4.78 is 5.40. The van der Waals surface area contributed by atoms with Crippen LogP contribution in [0.15, 0.2) is 29.2 Å². The number of amides is 1. The second-order valence-electron chi connectivity index (χ2n) is 3.41. The Morgan fingerprint density at radius 2 is 2.00 bits per heavy atom. The number of ether oxygens (including phenoxy) is 1. The summed E-state index contributed by atoms with van der Waals surface area (Å²) in [5.74, 6) is 1.10. The molecule has 98 valence electrons. The van der Waals surface area contributed by atoms with Crippen molar-refractivity contribution >= 4 is 46.2 Å². The predicted molar refractivity (Wildman–Crippen MR) is 80.4 cm³/mol. The lowest BCUT2D eigenvalue weighted by molar-refractivity contribution is -0.131. The summed E-state index contributed by atoms with van der Waals surface area (Å²) in [5.41, 5.74) is 0. The molecule has 0 aliphatic carbocycles. The number of hydrogen-bond acceptors (Lipinski definition) is 4. The molecule has 0 spiro atoms. The number of carbonyl (C=O) groups excluding carboxylic acids is 2. The zero-order valence-electron chi connectivity index (χ0n) is 9.94. The van der Waals surface area contributed by atoms with Crippen molar-refractivity contribution in [3.8, 4) is 5.75 Å². The van der Waals surface area contributed by atoms with E-state index in [0.29, 0.717) is 16.7 Å². The summed E-state index contributed by atoms with van der Waals surface area (Å²) in [5, 5.41) is 2.73. The normalized spacial score (nSPS) is 9.89. The largest absolute Gasteiger partial charge is 0.426 e. The molecule has 1 amide bonds. The molecule has 0 unspecified atom stereocenters. The lowest BCUT2D eigenvalue weighted by atomic mass is 10.3. The third kappa shape index (κ3) is 6.25. The average Bonchev–Trinajstić information content (AvgIpc) is 2.36. The highest BCUT2D eigenvalue weighted by Crippen LogP contribution is 2.21. The van der Waals surface area contributed by atoms with E-state index >= 15 is 0 Å². The van der Waals surface area contributed by atoms with Gasteiger partial charge >= 0.3 is 5.97 Å². The first kappa shape index (κ1) is 15.3. The molecule has 0 aliphatic heterocycles. The second-order valence-corrected chi connectivity index (χ2v) is 5.34. The number of thioether (sulfide) groups is 1. The molecule has 0 aromatic heterocycles. The van der Waals surface area contributed by atoms with Gasteiger partial charge < -0.3 is 10.1 Å². The van der Waals surface area contributed by atoms with Gasteiger partial charge in [-0.3, -0.25) is 9.59 Å². The Bertz CT molecular complexity index is 408. The van der Waals surface area contributed by atoms with Gasteiger partial charge in [0.05, 0.1) is 4.43 Å². The topological polar surface area (TPSA) is 55.4 Å². The second kappa shape index (κ2) is 8.36. The highest BCUT2D eigenvalue weighted by atomic mass is 127. The van der Waals surface area contributed by atoms with Crippen molar-refractivity contribution in [3.63, 3.8) is 0 Å². The standard InChI is InChI=1S/C12H14INO3S/c1-9(15)14-6-7-18-11-4-2-10(3-5-11)17-12(16)8-13/h2-5H,6-8H2,1H3,(H,14,15). The molecule has 1 N–H and O–H groups in total. The number of esters is 1. The average molecular weight is 379 g/mol. The van der Waals surface area contributed by atoms with Crippen LogP contribution in [0.2, 0.25) is 0 Å². The fourth-order valence-electron chi connectivity index (χ4n) is 1.16. The van der Waals surface area contributed by atoms with Crippen LogP contribution in [0.25, 0.3) is 0 Å². The van der Waals surface area contributed by atoms with Crippen LogP contribution in [0.4, 0.5) is 0 Å². The summed E-state index contributed by atoms with van der Waals surface area (Å²) in [6.45, 7) is 2.15. The number of alkyl halides is 1. The van der Waals surface area contributed by atoms with Crippen LogP contribution >= 0.6 is 34.4 Å². The molecule has 0 saturated heterocycles. The highest BCUT2D eigenvalue weighted by Gasteiger charge is 2.02. The van der Waals surface area contributed by atoms with E-state index in [-0.39, 0.29) is 11.9 Å². The molecule has 6 heteroatoms. The van der Waals surface area contributed by atoms with Gasteiger partial charge in [-0.1, -0.05) is 22.6 Å². The number of benzene rings is 1. The summed E-state index contributed by atoms with van der Waals surface area (Å²) in [7, 11) is 0. The minimum absolute atomic E-state index is 0.0170. The summed E-state index contributed by atoms with van der Waals surface area (Å²) in [4.78, 5) is 22.8. The van der Waals surface area contributed by atoms with E-state index < -0.39 is 0 Å². The fourth-order valence-corrected chi connectivity index (χ4v) is 2.08. The number of hydrogen-bond donors (Lipinski definition) is 1. The molecular formula is C12H14INO3S. The molecule has 1 rings (SSSR count). The molecule has 1 aromatic rings. The van der Waals surface area contributed by atoms with Crippen LogP contribution in [-0.4, -0.2) is 28.6 Å². The Morgan fingerprint density at radius 1 is 1.33 bits per heavy atom. The van der Waals surface area contributed by atoms with Gasteiger partial charge in [0.1, 0.15) is 5.75 Å². The Hall–Kier alpha value is -0.760. The lowest BCUT2D eigenvalue weighted by Gasteiger charge is -2.05. The molecule has 0 radical (unpaired) electrons. The monoisotopic (exact) mass is 379 g/mol.